The molecule has 0 spiro atoms. The Morgan fingerprint density at radius 2 is 1.79 bits per heavy atom. The fourth-order valence-corrected chi connectivity index (χ4v) is 4.54. The van der Waals surface area contributed by atoms with Crippen LogP contribution >= 0.6 is 11.6 Å². The summed E-state index contributed by atoms with van der Waals surface area (Å²) in [4.78, 5) is 12.8. The van der Waals surface area contributed by atoms with Crippen LogP contribution in [0.4, 0.5) is 11.4 Å². The third-order valence-electron chi connectivity index (χ3n) is 4.55. The van der Waals surface area contributed by atoms with Gasteiger partial charge in [-0.25, -0.2) is 8.42 Å². The van der Waals surface area contributed by atoms with Crippen LogP contribution in [0.3, 0.4) is 0 Å². The van der Waals surface area contributed by atoms with Crippen molar-refractivity contribution in [3.8, 4) is 0 Å². The van der Waals surface area contributed by atoms with Gasteiger partial charge in [-0.3, -0.25) is 14.2 Å². The first-order chi connectivity index (χ1) is 13.6. The SMILES string of the molecule is Cc1ccc(NC(=O)c2c(C)nn(C)c2C)cc1S(=O)(=O)Nc1cccc(Cl)c1. The Kier molecular flexibility index (Phi) is 5.68. The lowest BCUT2D eigenvalue weighted by Gasteiger charge is -2.13. The lowest BCUT2D eigenvalue weighted by molar-refractivity contribution is 0.102. The Bertz CT molecular complexity index is 1200. The van der Waals surface area contributed by atoms with Crippen LogP contribution < -0.4 is 10.0 Å². The van der Waals surface area contributed by atoms with E-state index in [0.717, 1.165) is 5.69 Å². The fraction of sp³-hybridized carbons (Fsp3) is 0.200. The number of aromatic nitrogens is 2. The van der Waals surface area contributed by atoms with E-state index >= 15 is 0 Å². The van der Waals surface area contributed by atoms with E-state index < -0.39 is 10.0 Å². The third kappa shape index (κ3) is 4.44. The number of anilines is 2. The standard InChI is InChI=1S/C20H21ClN4O3S/c1-12-8-9-16(22-20(26)19-13(2)23-25(4)14(19)3)11-18(12)29(27,28)24-17-7-5-6-15(21)10-17/h5-11,24H,1-4H3,(H,22,26). The molecule has 7 nitrogen and oxygen atoms in total. The number of carbonyl (C=O) groups is 1. The molecule has 0 saturated heterocycles. The zero-order chi connectivity index (χ0) is 21.3. The van der Waals surface area contributed by atoms with Gasteiger partial charge in [0.2, 0.25) is 0 Å². The van der Waals surface area contributed by atoms with Gasteiger partial charge in [0.1, 0.15) is 0 Å². The van der Waals surface area contributed by atoms with Crippen molar-refractivity contribution in [2.24, 2.45) is 7.05 Å². The number of benzene rings is 2. The van der Waals surface area contributed by atoms with Crippen LogP contribution in [-0.2, 0) is 17.1 Å². The lowest BCUT2D eigenvalue weighted by Crippen LogP contribution is -2.17. The topological polar surface area (TPSA) is 93.1 Å². The van der Waals surface area contributed by atoms with Gasteiger partial charge in [0.15, 0.2) is 0 Å². The number of rotatable bonds is 5. The molecule has 2 N–H and O–H groups in total. The number of hydrogen-bond acceptors (Lipinski definition) is 4. The van der Waals surface area contributed by atoms with Crippen molar-refractivity contribution in [2.75, 3.05) is 10.0 Å². The molecule has 0 radical (unpaired) electrons. The lowest BCUT2D eigenvalue weighted by atomic mass is 10.1. The first kappa shape index (κ1) is 20.9. The van der Waals surface area contributed by atoms with Gasteiger partial charge in [-0.15, -0.1) is 0 Å². The molecular weight excluding hydrogens is 412 g/mol. The molecule has 29 heavy (non-hydrogen) atoms. The highest BCUT2D eigenvalue weighted by Crippen LogP contribution is 2.25. The Labute approximate surface area is 174 Å². The van der Waals surface area contributed by atoms with Gasteiger partial charge in [0.25, 0.3) is 15.9 Å². The number of nitrogens with zero attached hydrogens (tertiary/aromatic N) is 2. The maximum absolute atomic E-state index is 12.9. The molecule has 1 heterocycles. The van der Waals surface area contributed by atoms with Crippen molar-refractivity contribution in [1.82, 2.24) is 9.78 Å². The van der Waals surface area contributed by atoms with Crippen molar-refractivity contribution < 1.29 is 13.2 Å². The number of halogens is 1. The molecular formula is C20H21ClN4O3S. The van der Waals surface area contributed by atoms with Crippen LogP contribution in [0.2, 0.25) is 5.02 Å². The fourth-order valence-electron chi connectivity index (χ4n) is 3.03. The first-order valence-corrected chi connectivity index (χ1v) is 10.6. The second-order valence-corrected chi connectivity index (χ2v) is 8.81. The van der Waals surface area contributed by atoms with Crippen LogP contribution in [0, 0.1) is 20.8 Å². The van der Waals surface area contributed by atoms with E-state index in [1.165, 1.54) is 12.1 Å². The van der Waals surface area contributed by atoms with E-state index in [0.29, 0.717) is 33.2 Å². The predicted octanol–water partition coefficient (Wildman–Crippen LogP) is 4.05. The number of nitrogens with one attached hydrogen (secondary N) is 2. The smallest absolute Gasteiger partial charge is 0.262 e. The summed E-state index contributed by atoms with van der Waals surface area (Å²) in [6, 6.07) is 11.2. The highest BCUT2D eigenvalue weighted by atomic mass is 35.5. The molecule has 1 aromatic heterocycles. The van der Waals surface area contributed by atoms with E-state index in [1.54, 1.807) is 62.8 Å². The summed E-state index contributed by atoms with van der Waals surface area (Å²) < 4.78 is 29.9. The molecule has 0 aliphatic rings. The molecule has 0 aliphatic carbocycles. The number of carbonyl (C=O) groups excluding carboxylic acids is 1. The average molecular weight is 433 g/mol. The Hall–Kier alpha value is -2.84. The van der Waals surface area contributed by atoms with E-state index in [1.807, 2.05) is 0 Å². The minimum Gasteiger partial charge on any atom is -0.322 e. The second-order valence-electron chi connectivity index (χ2n) is 6.72. The molecule has 0 atom stereocenters. The monoisotopic (exact) mass is 432 g/mol. The van der Waals surface area contributed by atoms with Gasteiger partial charge in [0.05, 0.1) is 21.8 Å². The molecule has 0 unspecified atom stereocenters. The van der Waals surface area contributed by atoms with E-state index in [-0.39, 0.29) is 10.8 Å². The van der Waals surface area contributed by atoms with Crippen LogP contribution in [0.15, 0.2) is 47.4 Å². The Balaban J connectivity index is 1.90. The summed E-state index contributed by atoms with van der Waals surface area (Å²) in [6.07, 6.45) is 0. The van der Waals surface area contributed by atoms with Crippen LogP contribution in [0.25, 0.3) is 0 Å². The maximum Gasteiger partial charge on any atom is 0.262 e. The van der Waals surface area contributed by atoms with Crippen LogP contribution in [-0.4, -0.2) is 24.1 Å². The highest BCUT2D eigenvalue weighted by Gasteiger charge is 2.21. The van der Waals surface area contributed by atoms with Gasteiger partial charge >= 0.3 is 0 Å². The van der Waals surface area contributed by atoms with E-state index in [4.69, 9.17) is 11.6 Å². The molecule has 3 rings (SSSR count). The van der Waals surface area contributed by atoms with E-state index in [2.05, 4.69) is 15.1 Å². The quantitative estimate of drug-likeness (QED) is 0.636. The highest BCUT2D eigenvalue weighted by molar-refractivity contribution is 7.92. The molecule has 0 bridgehead atoms. The molecule has 0 saturated carbocycles. The summed E-state index contributed by atoms with van der Waals surface area (Å²) in [5.74, 6) is -0.344. The first-order valence-electron chi connectivity index (χ1n) is 8.79. The average Bonchev–Trinajstić information content (AvgIpc) is 2.88. The molecule has 152 valence electrons. The van der Waals surface area contributed by atoms with Gasteiger partial charge < -0.3 is 5.32 Å². The summed E-state index contributed by atoms with van der Waals surface area (Å²) in [6.45, 7) is 5.24. The van der Waals surface area contributed by atoms with Crippen molar-refractivity contribution in [3.05, 3.63) is 70.0 Å². The number of sulfonamides is 1. The van der Waals surface area contributed by atoms with Crippen molar-refractivity contribution in [3.63, 3.8) is 0 Å². The number of amides is 1. The molecule has 2 aromatic carbocycles. The second kappa shape index (κ2) is 7.88. The largest absolute Gasteiger partial charge is 0.322 e. The zero-order valence-corrected chi connectivity index (χ0v) is 18.0. The third-order valence-corrected chi connectivity index (χ3v) is 6.31. The molecule has 0 fully saturated rings. The summed E-state index contributed by atoms with van der Waals surface area (Å²) in [7, 11) is -2.11. The number of aryl methyl sites for hydroxylation is 3. The van der Waals surface area contributed by atoms with Crippen LogP contribution in [0.5, 0.6) is 0 Å². The minimum absolute atomic E-state index is 0.0647. The van der Waals surface area contributed by atoms with Crippen molar-refractivity contribution >= 4 is 38.9 Å². The summed E-state index contributed by atoms with van der Waals surface area (Å²) in [5.41, 5.74) is 3.07. The van der Waals surface area contributed by atoms with Crippen LogP contribution in [0.1, 0.15) is 27.3 Å². The normalized spacial score (nSPS) is 11.3. The molecule has 0 aliphatic heterocycles. The Morgan fingerprint density at radius 1 is 1.07 bits per heavy atom. The maximum atomic E-state index is 12.9. The van der Waals surface area contributed by atoms with Gasteiger partial charge in [-0.05, 0) is 56.7 Å². The van der Waals surface area contributed by atoms with E-state index in [9.17, 15) is 13.2 Å². The number of hydrogen-bond donors (Lipinski definition) is 2. The molecule has 1 amide bonds. The zero-order valence-electron chi connectivity index (χ0n) is 16.4. The minimum atomic E-state index is -3.87. The van der Waals surface area contributed by atoms with Gasteiger partial charge in [-0.1, -0.05) is 23.7 Å². The summed E-state index contributed by atoms with van der Waals surface area (Å²) >= 11 is 5.93. The van der Waals surface area contributed by atoms with Gasteiger partial charge in [0, 0.05) is 23.5 Å². The predicted molar refractivity (Wildman–Crippen MR) is 114 cm³/mol. The van der Waals surface area contributed by atoms with Crippen molar-refractivity contribution in [2.45, 2.75) is 25.7 Å². The Morgan fingerprint density at radius 3 is 2.41 bits per heavy atom. The molecule has 9 heteroatoms. The summed E-state index contributed by atoms with van der Waals surface area (Å²) in [5, 5.41) is 7.42. The van der Waals surface area contributed by atoms with Gasteiger partial charge in [-0.2, -0.15) is 5.10 Å². The molecule has 3 aromatic rings. The van der Waals surface area contributed by atoms with Crippen molar-refractivity contribution in [1.29, 1.82) is 0 Å².